The number of aliphatic hydroxyl groups excluding tert-OH is 1. The molecule has 1 aromatic carbocycles. The maximum Gasteiger partial charge on any atom is 0.258 e. The first kappa shape index (κ1) is 15.7. The van der Waals surface area contributed by atoms with E-state index in [4.69, 9.17) is 4.42 Å². The van der Waals surface area contributed by atoms with Crippen molar-refractivity contribution in [2.75, 3.05) is 6.54 Å². The van der Waals surface area contributed by atoms with Crippen LogP contribution in [-0.2, 0) is 6.42 Å². The molecule has 0 radical (unpaired) electrons. The van der Waals surface area contributed by atoms with Crippen molar-refractivity contribution in [1.29, 1.82) is 0 Å². The summed E-state index contributed by atoms with van der Waals surface area (Å²) in [7, 11) is 0. The molecule has 128 valence electrons. The van der Waals surface area contributed by atoms with Gasteiger partial charge >= 0.3 is 0 Å². The lowest BCUT2D eigenvalue weighted by atomic mass is 9.93. The van der Waals surface area contributed by atoms with Gasteiger partial charge in [0.2, 0.25) is 0 Å². The number of rotatable bonds is 3. The molecule has 4 rings (SSSR count). The minimum absolute atomic E-state index is 0.0589. The highest BCUT2D eigenvalue weighted by Gasteiger charge is 2.40. The highest BCUT2D eigenvalue weighted by atomic mass is 16.3. The average Bonchev–Trinajstić information content (AvgIpc) is 3.32. The third-order valence-electron chi connectivity index (χ3n) is 5.86. The fourth-order valence-electron chi connectivity index (χ4n) is 4.52. The van der Waals surface area contributed by atoms with Crippen molar-refractivity contribution in [2.24, 2.45) is 5.92 Å². The molecule has 4 nitrogen and oxygen atoms in total. The number of carbonyl (C=O) groups excluding carboxylic acids is 1. The topological polar surface area (TPSA) is 53.7 Å². The molecule has 0 bridgehead atoms. The van der Waals surface area contributed by atoms with Crippen LogP contribution in [-0.4, -0.2) is 34.6 Å². The largest absolute Gasteiger partial charge is 0.463 e. The summed E-state index contributed by atoms with van der Waals surface area (Å²) < 4.78 is 5.61. The molecule has 1 aliphatic heterocycles. The van der Waals surface area contributed by atoms with Crippen molar-refractivity contribution >= 4 is 16.9 Å². The highest BCUT2D eigenvalue weighted by Crippen LogP contribution is 2.37. The van der Waals surface area contributed by atoms with Gasteiger partial charge in [-0.3, -0.25) is 4.79 Å². The number of fused-ring (bicyclic) bond motifs is 1. The summed E-state index contributed by atoms with van der Waals surface area (Å²) >= 11 is 0. The van der Waals surface area contributed by atoms with Crippen molar-refractivity contribution in [3.63, 3.8) is 0 Å². The molecule has 1 amide bonds. The quantitative estimate of drug-likeness (QED) is 0.934. The van der Waals surface area contributed by atoms with Gasteiger partial charge in [0, 0.05) is 23.9 Å². The van der Waals surface area contributed by atoms with E-state index in [0.717, 1.165) is 56.0 Å². The second-order valence-corrected chi connectivity index (χ2v) is 7.20. The number of benzene rings is 1. The molecule has 3 atom stereocenters. The first-order chi connectivity index (χ1) is 11.7. The summed E-state index contributed by atoms with van der Waals surface area (Å²) in [5.74, 6) is 0.296. The number of carbonyl (C=O) groups is 1. The van der Waals surface area contributed by atoms with Crippen molar-refractivity contribution in [3.8, 4) is 0 Å². The van der Waals surface area contributed by atoms with Gasteiger partial charge in [0.1, 0.15) is 11.8 Å². The molecule has 1 aliphatic carbocycles. The summed E-state index contributed by atoms with van der Waals surface area (Å²) in [5, 5.41) is 11.2. The van der Waals surface area contributed by atoms with E-state index in [9.17, 15) is 9.90 Å². The van der Waals surface area contributed by atoms with E-state index in [1.165, 1.54) is 5.56 Å². The van der Waals surface area contributed by atoms with Crippen molar-refractivity contribution in [3.05, 3.63) is 35.6 Å². The SMILES string of the molecule is CCc1ccc2occ(C(=O)N3CCC[C@@H]3[C@@H]3CCC[C@H]3O)c2c1. The van der Waals surface area contributed by atoms with E-state index in [1.807, 2.05) is 17.0 Å². The summed E-state index contributed by atoms with van der Waals surface area (Å²) in [5.41, 5.74) is 2.65. The van der Waals surface area contributed by atoms with Crippen LogP contribution in [0.25, 0.3) is 11.0 Å². The molecule has 0 unspecified atom stereocenters. The monoisotopic (exact) mass is 327 g/mol. The van der Waals surface area contributed by atoms with Gasteiger partial charge in [-0.25, -0.2) is 0 Å². The predicted molar refractivity (Wildman–Crippen MR) is 93.0 cm³/mol. The molecule has 2 aliphatic rings. The number of aryl methyl sites for hydroxylation is 1. The standard InChI is InChI=1S/C20H25NO3/c1-2-13-8-9-19-15(11-13)16(12-24-19)20(23)21-10-4-6-17(21)14-5-3-7-18(14)22/h8-9,11-12,14,17-18,22H,2-7,10H2,1H3/t14-,17+,18+/m0/s1. The second-order valence-electron chi connectivity index (χ2n) is 7.20. The predicted octanol–water partition coefficient (Wildman–Crippen LogP) is 3.76. The Kier molecular flexibility index (Phi) is 4.09. The minimum Gasteiger partial charge on any atom is -0.463 e. The van der Waals surface area contributed by atoms with E-state index >= 15 is 0 Å². The Morgan fingerprint density at radius 3 is 2.92 bits per heavy atom. The Bertz CT molecular complexity index is 750. The minimum atomic E-state index is -0.254. The summed E-state index contributed by atoms with van der Waals surface area (Å²) in [6.07, 6.45) is 7.29. The third kappa shape index (κ3) is 2.53. The van der Waals surface area contributed by atoms with Gasteiger partial charge in [-0.05, 0) is 49.8 Å². The van der Waals surface area contributed by atoms with Gasteiger partial charge in [0.15, 0.2) is 0 Å². The number of amides is 1. The van der Waals surface area contributed by atoms with Gasteiger partial charge in [-0.1, -0.05) is 19.4 Å². The average molecular weight is 327 g/mol. The van der Waals surface area contributed by atoms with Crippen LogP contribution in [0.3, 0.4) is 0 Å². The molecule has 1 saturated carbocycles. The second kappa shape index (κ2) is 6.25. The fourth-order valence-corrected chi connectivity index (χ4v) is 4.52. The zero-order chi connectivity index (χ0) is 16.7. The zero-order valence-electron chi connectivity index (χ0n) is 14.2. The molecule has 1 saturated heterocycles. The van der Waals surface area contributed by atoms with Crippen molar-refractivity contribution in [2.45, 2.75) is 57.6 Å². The third-order valence-corrected chi connectivity index (χ3v) is 5.86. The molecular formula is C20H25NO3. The van der Waals surface area contributed by atoms with Crippen LogP contribution in [0.4, 0.5) is 0 Å². The van der Waals surface area contributed by atoms with Gasteiger partial charge in [0.25, 0.3) is 5.91 Å². The summed E-state index contributed by atoms with van der Waals surface area (Å²) in [6, 6.07) is 6.25. The number of furan rings is 1. The van der Waals surface area contributed by atoms with Gasteiger partial charge in [0.05, 0.1) is 11.7 Å². The number of hydrogen-bond donors (Lipinski definition) is 1. The van der Waals surface area contributed by atoms with E-state index in [0.29, 0.717) is 5.56 Å². The molecule has 1 N–H and O–H groups in total. The first-order valence-corrected chi connectivity index (χ1v) is 9.18. The lowest BCUT2D eigenvalue weighted by Crippen LogP contribution is -2.42. The molecule has 0 spiro atoms. The molecule has 2 heterocycles. The Morgan fingerprint density at radius 1 is 1.29 bits per heavy atom. The van der Waals surface area contributed by atoms with Gasteiger partial charge in [-0.15, -0.1) is 0 Å². The van der Waals surface area contributed by atoms with E-state index < -0.39 is 0 Å². The normalized spacial score (nSPS) is 27.2. The Labute approximate surface area is 142 Å². The van der Waals surface area contributed by atoms with Crippen molar-refractivity contribution < 1.29 is 14.3 Å². The summed E-state index contributed by atoms with van der Waals surface area (Å²) in [4.78, 5) is 15.2. The van der Waals surface area contributed by atoms with Crippen LogP contribution in [0, 0.1) is 5.92 Å². The zero-order valence-corrected chi connectivity index (χ0v) is 14.2. The van der Waals surface area contributed by atoms with Gasteiger partial charge in [-0.2, -0.15) is 0 Å². The van der Waals surface area contributed by atoms with E-state index in [1.54, 1.807) is 6.26 Å². The van der Waals surface area contributed by atoms with Crippen LogP contribution in [0.5, 0.6) is 0 Å². The number of likely N-dealkylation sites (tertiary alicyclic amines) is 1. The Balaban J connectivity index is 1.65. The number of aliphatic hydroxyl groups is 1. The molecule has 2 aromatic rings. The Morgan fingerprint density at radius 2 is 2.17 bits per heavy atom. The molecule has 2 fully saturated rings. The maximum absolute atomic E-state index is 13.2. The fraction of sp³-hybridized carbons (Fsp3) is 0.550. The number of nitrogens with zero attached hydrogens (tertiary/aromatic N) is 1. The maximum atomic E-state index is 13.2. The lowest BCUT2D eigenvalue weighted by Gasteiger charge is -2.31. The van der Waals surface area contributed by atoms with Crippen LogP contribution >= 0.6 is 0 Å². The molecular weight excluding hydrogens is 302 g/mol. The van der Waals surface area contributed by atoms with Gasteiger partial charge < -0.3 is 14.4 Å². The number of hydrogen-bond acceptors (Lipinski definition) is 3. The smallest absolute Gasteiger partial charge is 0.258 e. The molecule has 24 heavy (non-hydrogen) atoms. The molecule has 1 aromatic heterocycles. The van der Waals surface area contributed by atoms with E-state index in [2.05, 4.69) is 13.0 Å². The Hall–Kier alpha value is -1.81. The van der Waals surface area contributed by atoms with Crippen LogP contribution in [0.2, 0.25) is 0 Å². The van der Waals surface area contributed by atoms with Crippen LogP contribution < -0.4 is 0 Å². The molecule has 4 heteroatoms. The van der Waals surface area contributed by atoms with E-state index in [-0.39, 0.29) is 24.0 Å². The van der Waals surface area contributed by atoms with Crippen molar-refractivity contribution in [1.82, 2.24) is 4.90 Å². The van der Waals surface area contributed by atoms with Crippen LogP contribution in [0.15, 0.2) is 28.9 Å². The van der Waals surface area contributed by atoms with Crippen LogP contribution in [0.1, 0.15) is 54.9 Å². The lowest BCUT2D eigenvalue weighted by molar-refractivity contribution is 0.0528. The highest BCUT2D eigenvalue weighted by molar-refractivity contribution is 6.06. The first-order valence-electron chi connectivity index (χ1n) is 9.18. The summed E-state index contributed by atoms with van der Waals surface area (Å²) in [6.45, 7) is 2.90.